The third-order valence-corrected chi connectivity index (χ3v) is 3.65. The van der Waals surface area contributed by atoms with Crippen LogP contribution in [0.15, 0.2) is 0 Å². The Balaban J connectivity index is 1.98. The summed E-state index contributed by atoms with van der Waals surface area (Å²) in [6.07, 6.45) is 4.01. The van der Waals surface area contributed by atoms with Crippen LogP contribution >= 0.6 is 11.5 Å². The van der Waals surface area contributed by atoms with Crippen LogP contribution in [0.4, 0.5) is 5.00 Å². The SMILES string of the molecule is Cc1nsc(NCC2CCC2)c1C#N. The average Bonchev–Trinajstić information content (AvgIpc) is 2.44. The second kappa shape index (κ2) is 3.97. The normalized spacial score (nSPS) is 16.0. The molecule has 74 valence electrons. The van der Waals surface area contributed by atoms with E-state index in [2.05, 4.69) is 15.8 Å². The van der Waals surface area contributed by atoms with Gasteiger partial charge in [-0.1, -0.05) is 6.42 Å². The fraction of sp³-hybridized carbons (Fsp3) is 0.600. The molecule has 3 nitrogen and oxygen atoms in total. The molecular formula is C10H13N3S. The molecule has 0 aromatic carbocycles. The van der Waals surface area contributed by atoms with Crippen molar-refractivity contribution < 1.29 is 0 Å². The number of hydrogen-bond acceptors (Lipinski definition) is 4. The van der Waals surface area contributed by atoms with Crippen LogP contribution < -0.4 is 5.32 Å². The Bertz CT molecular complexity index is 360. The summed E-state index contributed by atoms with van der Waals surface area (Å²) in [7, 11) is 0. The molecule has 1 N–H and O–H groups in total. The van der Waals surface area contributed by atoms with Crippen LogP contribution in [0.3, 0.4) is 0 Å². The van der Waals surface area contributed by atoms with Gasteiger partial charge in [0.05, 0.1) is 5.69 Å². The second-order valence-corrected chi connectivity index (χ2v) is 4.54. The van der Waals surface area contributed by atoms with E-state index in [1.807, 2.05) is 6.92 Å². The summed E-state index contributed by atoms with van der Waals surface area (Å²) >= 11 is 1.39. The van der Waals surface area contributed by atoms with Crippen molar-refractivity contribution >= 4 is 16.5 Å². The van der Waals surface area contributed by atoms with E-state index >= 15 is 0 Å². The monoisotopic (exact) mass is 207 g/mol. The Kier molecular flexibility index (Phi) is 2.69. The smallest absolute Gasteiger partial charge is 0.127 e. The van der Waals surface area contributed by atoms with Crippen molar-refractivity contribution in [3.8, 4) is 6.07 Å². The zero-order chi connectivity index (χ0) is 9.97. The first-order valence-corrected chi connectivity index (χ1v) is 5.69. The molecule has 1 aliphatic rings. The molecule has 2 rings (SSSR count). The zero-order valence-electron chi connectivity index (χ0n) is 8.21. The van der Waals surface area contributed by atoms with Gasteiger partial charge in [0, 0.05) is 6.54 Å². The predicted molar refractivity (Wildman–Crippen MR) is 57.4 cm³/mol. The number of nitriles is 1. The molecule has 1 saturated carbocycles. The summed E-state index contributed by atoms with van der Waals surface area (Å²) in [6, 6.07) is 2.19. The van der Waals surface area contributed by atoms with Gasteiger partial charge in [-0.3, -0.25) is 0 Å². The molecule has 0 bridgehead atoms. The summed E-state index contributed by atoms with van der Waals surface area (Å²) in [5.41, 5.74) is 1.56. The third kappa shape index (κ3) is 1.73. The first-order chi connectivity index (χ1) is 6.81. The van der Waals surface area contributed by atoms with Gasteiger partial charge in [0.15, 0.2) is 0 Å². The molecule has 1 aliphatic carbocycles. The standard InChI is InChI=1S/C10H13N3S/c1-7-9(5-11)10(14-13-7)12-6-8-3-2-4-8/h8,12H,2-4,6H2,1H3. The fourth-order valence-electron chi connectivity index (χ4n) is 1.56. The third-order valence-electron chi connectivity index (χ3n) is 2.75. The Morgan fingerprint density at radius 2 is 2.43 bits per heavy atom. The maximum atomic E-state index is 8.90. The van der Waals surface area contributed by atoms with Crippen molar-refractivity contribution in [2.24, 2.45) is 5.92 Å². The van der Waals surface area contributed by atoms with Gasteiger partial charge in [-0.2, -0.15) is 9.64 Å². The van der Waals surface area contributed by atoms with E-state index in [9.17, 15) is 0 Å². The van der Waals surface area contributed by atoms with Gasteiger partial charge < -0.3 is 5.32 Å². The van der Waals surface area contributed by atoms with Gasteiger partial charge in [-0.25, -0.2) is 0 Å². The fourth-order valence-corrected chi connectivity index (χ4v) is 2.31. The van der Waals surface area contributed by atoms with Gasteiger partial charge in [0.1, 0.15) is 16.6 Å². The topological polar surface area (TPSA) is 48.7 Å². The number of aryl methyl sites for hydroxylation is 1. The molecule has 4 heteroatoms. The second-order valence-electron chi connectivity index (χ2n) is 3.76. The van der Waals surface area contributed by atoms with Crippen molar-refractivity contribution in [3.05, 3.63) is 11.3 Å². The van der Waals surface area contributed by atoms with E-state index in [1.54, 1.807) is 0 Å². The minimum absolute atomic E-state index is 0.717. The van der Waals surface area contributed by atoms with E-state index in [0.29, 0.717) is 5.56 Å². The lowest BCUT2D eigenvalue weighted by molar-refractivity contribution is 0.333. The summed E-state index contributed by atoms with van der Waals surface area (Å²) in [6.45, 7) is 2.87. The van der Waals surface area contributed by atoms with Gasteiger partial charge in [0.25, 0.3) is 0 Å². The van der Waals surface area contributed by atoms with Crippen molar-refractivity contribution in [2.75, 3.05) is 11.9 Å². The van der Waals surface area contributed by atoms with Crippen molar-refractivity contribution in [3.63, 3.8) is 0 Å². The Morgan fingerprint density at radius 3 is 3.00 bits per heavy atom. The minimum Gasteiger partial charge on any atom is -0.374 e. The summed E-state index contributed by atoms with van der Waals surface area (Å²) in [5, 5.41) is 13.2. The first kappa shape index (κ1) is 9.47. The molecule has 0 aliphatic heterocycles. The maximum absolute atomic E-state index is 8.90. The van der Waals surface area contributed by atoms with Crippen LogP contribution in [0.25, 0.3) is 0 Å². The van der Waals surface area contributed by atoms with Crippen molar-refractivity contribution in [1.82, 2.24) is 4.37 Å². The quantitative estimate of drug-likeness (QED) is 0.828. The highest BCUT2D eigenvalue weighted by Gasteiger charge is 2.18. The molecule has 1 fully saturated rings. The molecule has 1 aromatic rings. The number of aromatic nitrogens is 1. The van der Waals surface area contributed by atoms with Crippen LogP contribution in [-0.4, -0.2) is 10.9 Å². The lowest BCUT2D eigenvalue weighted by Gasteiger charge is -2.25. The molecule has 0 amide bonds. The number of rotatable bonds is 3. The Morgan fingerprint density at radius 1 is 1.64 bits per heavy atom. The van der Waals surface area contributed by atoms with E-state index < -0.39 is 0 Å². The molecule has 14 heavy (non-hydrogen) atoms. The van der Waals surface area contributed by atoms with E-state index in [1.165, 1.54) is 30.8 Å². The zero-order valence-corrected chi connectivity index (χ0v) is 9.02. The Hall–Kier alpha value is -1.08. The van der Waals surface area contributed by atoms with Crippen LogP contribution in [-0.2, 0) is 0 Å². The highest BCUT2D eigenvalue weighted by molar-refractivity contribution is 7.10. The molecule has 1 aromatic heterocycles. The molecule has 0 saturated heterocycles. The Labute approximate surface area is 87.9 Å². The van der Waals surface area contributed by atoms with E-state index in [4.69, 9.17) is 5.26 Å². The summed E-state index contributed by atoms with van der Waals surface area (Å²) in [5.74, 6) is 0.809. The lowest BCUT2D eigenvalue weighted by atomic mass is 9.85. The number of anilines is 1. The molecule has 0 spiro atoms. The van der Waals surface area contributed by atoms with Crippen molar-refractivity contribution in [1.29, 1.82) is 5.26 Å². The van der Waals surface area contributed by atoms with Crippen LogP contribution in [0.2, 0.25) is 0 Å². The highest BCUT2D eigenvalue weighted by atomic mass is 32.1. The minimum atomic E-state index is 0.717. The number of nitrogens with one attached hydrogen (secondary N) is 1. The van der Waals surface area contributed by atoms with E-state index in [-0.39, 0.29) is 0 Å². The van der Waals surface area contributed by atoms with Gasteiger partial charge in [0.2, 0.25) is 0 Å². The number of nitrogens with zero attached hydrogens (tertiary/aromatic N) is 2. The van der Waals surface area contributed by atoms with Crippen LogP contribution in [0.5, 0.6) is 0 Å². The average molecular weight is 207 g/mol. The largest absolute Gasteiger partial charge is 0.374 e. The molecule has 1 heterocycles. The maximum Gasteiger partial charge on any atom is 0.127 e. The van der Waals surface area contributed by atoms with Crippen molar-refractivity contribution in [2.45, 2.75) is 26.2 Å². The van der Waals surface area contributed by atoms with Gasteiger partial charge in [-0.15, -0.1) is 0 Å². The van der Waals surface area contributed by atoms with Crippen LogP contribution in [0.1, 0.15) is 30.5 Å². The molecule has 0 radical (unpaired) electrons. The van der Waals surface area contributed by atoms with Gasteiger partial charge >= 0.3 is 0 Å². The number of hydrogen-bond donors (Lipinski definition) is 1. The van der Waals surface area contributed by atoms with Crippen LogP contribution in [0, 0.1) is 24.2 Å². The highest BCUT2D eigenvalue weighted by Crippen LogP contribution is 2.29. The summed E-state index contributed by atoms with van der Waals surface area (Å²) in [4.78, 5) is 0. The molecule has 0 unspecified atom stereocenters. The predicted octanol–water partition coefficient (Wildman–Crippen LogP) is 2.54. The first-order valence-electron chi connectivity index (χ1n) is 4.91. The molecular weight excluding hydrogens is 194 g/mol. The van der Waals surface area contributed by atoms with Gasteiger partial charge in [-0.05, 0) is 37.2 Å². The summed E-state index contributed by atoms with van der Waals surface area (Å²) < 4.78 is 4.17. The molecule has 0 atom stereocenters. The lowest BCUT2D eigenvalue weighted by Crippen LogP contribution is -2.20. The van der Waals surface area contributed by atoms with E-state index in [0.717, 1.165) is 23.2 Å².